The summed E-state index contributed by atoms with van der Waals surface area (Å²) in [5.74, 6) is -1.49. The number of alkyl halides is 3. The molecular weight excluding hydrogens is 507 g/mol. The predicted octanol–water partition coefficient (Wildman–Crippen LogP) is 6.00. The maximum atomic E-state index is 14.2. The van der Waals surface area contributed by atoms with Crippen molar-refractivity contribution in [3.05, 3.63) is 89.5 Å². The molecule has 4 rings (SSSR count). The highest BCUT2D eigenvalue weighted by Crippen LogP contribution is 2.31. The monoisotopic (exact) mass is 538 g/mol. The van der Waals surface area contributed by atoms with E-state index in [-0.39, 0.29) is 35.8 Å². The van der Waals surface area contributed by atoms with Gasteiger partial charge in [-0.2, -0.15) is 0 Å². The van der Waals surface area contributed by atoms with Gasteiger partial charge in [0.25, 0.3) is 0 Å². The van der Waals surface area contributed by atoms with Gasteiger partial charge in [-0.25, -0.2) is 17.6 Å². The van der Waals surface area contributed by atoms with E-state index < -0.39 is 18.2 Å². The fourth-order valence-corrected chi connectivity index (χ4v) is 3.36. The minimum Gasteiger partial charge on any atom is -0.506 e. The van der Waals surface area contributed by atoms with Gasteiger partial charge in [0, 0.05) is 23.6 Å². The molecule has 3 unspecified atom stereocenters. The minimum absolute atomic E-state index is 0.0647. The summed E-state index contributed by atoms with van der Waals surface area (Å²) >= 11 is 0. The number of pyridine rings is 1. The van der Waals surface area contributed by atoms with E-state index in [0.29, 0.717) is 17.7 Å². The van der Waals surface area contributed by atoms with Crippen LogP contribution < -0.4 is 10.5 Å². The first-order valence-electron chi connectivity index (χ1n) is 11.6. The molecule has 0 spiro atoms. The third-order valence-corrected chi connectivity index (χ3v) is 5.29. The van der Waals surface area contributed by atoms with Crippen molar-refractivity contribution in [2.24, 2.45) is 11.7 Å². The lowest BCUT2D eigenvalue weighted by atomic mass is 9.88. The molecule has 10 heteroatoms. The lowest BCUT2D eigenvalue weighted by Crippen LogP contribution is -2.11. The molecule has 1 saturated carbocycles. The molecular formula is C27H31F4N2O3P. The summed E-state index contributed by atoms with van der Waals surface area (Å²) in [4.78, 5) is 14.3. The molecule has 1 aromatic heterocycles. The molecule has 0 saturated heterocycles. The van der Waals surface area contributed by atoms with Crippen LogP contribution >= 0.6 is 9.24 Å². The van der Waals surface area contributed by atoms with Crippen molar-refractivity contribution < 1.29 is 32.2 Å². The van der Waals surface area contributed by atoms with Crippen LogP contribution in [0.25, 0.3) is 0 Å². The zero-order valence-electron chi connectivity index (χ0n) is 20.4. The first kappa shape index (κ1) is 30.0. The van der Waals surface area contributed by atoms with Gasteiger partial charge in [0.1, 0.15) is 29.8 Å². The summed E-state index contributed by atoms with van der Waals surface area (Å²) in [7, 11) is 2.00. The molecule has 37 heavy (non-hydrogen) atoms. The summed E-state index contributed by atoms with van der Waals surface area (Å²) in [5.41, 5.74) is 7.30. The van der Waals surface area contributed by atoms with Crippen LogP contribution in [0.3, 0.4) is 0 Å². The van der Waals surface area contributed by atoms with Crippen LogP contribution in [0.2, 0.25) is 0 Å². The van der Waals surface area contributed by atoms with Gasteiger partial charge < -0.3 is 15.6 Å². The Morgan fingerprint density at radius 2 is 1.78 bits per heavy atom. The molecule has 3 atom stereocenters. The molecule has 1 fully saturated rings. The van der Waals surface area contributed by atoms with E-state index in [1.165, 1.54) is 18.3 Å². The standard InChI is InChI=1S/C21H20F2NO2P.C4H7NO.C2H4F2/c22-16-9-15(10-18(11-16)26-13-21(23)27)19(8-14-4-2-1-3-5-14)20-7-6-17(25)12-24-20;5-4(6)3-1-2-3;1-2(3)4/h1-7,9-12,19,21,25H,8,13,27H2;3H,1-2H2,(H2,5,6);2H,1H3. The topological polar surface area (TPSA) is 85.4 Å². The van der Waals surface area contributed by atoms with E-state index in [4.69, 9.17) is 10.5 Å². The number of halogens is 4. The number of carbonyl (C=O) groups excluding carboxylic acids is 1. The number of ether oxygens (including phenoxy) is 1. The number of carbonyl (C=O) groups is 1. The Labute approximate surface area is 216 Å². The van der Waals surface area contributed by atoms with Crippen molar-refractivity contribution >= 4 is 15.1 Å². The summed E-state index contributed by atoms with van der Waals surface area (Å²) in [6.45, 7) is 0.661. The van der Waals surface area contributed by atoms with E-state index in [1.54, 1.807) is 18.2 Å². The quantitative estimate of drug-likeness (QED) is 0.272. The van der Waals surface area contributed by atoms with Crippen LogP contribution in [0, 0.1) is 11.7 Å². The van der Waals surface area contributed by atoms with Crippen molar-refractivity contribution in [2.75, 3.05) is 6.61 Å². The molecule has 0 aliphatic heterocycles. The molecule has 1 aliphatic carbocycles. The van der Waals surface area contributed by atoms with Gasteiger partial charge in [0.05, 0.1) is 6.20 Å². The van der Waals surface area contributed by atoms with Crippen LogP contribution in [0.1, 0.15) is 42.5 Å². The zero-order valence-corrected chi connectivity index (χ0v) is 21.5. The number of rotatable bonds is 8. The lowest BCUT2D eigenvalue weighted by Gasteiger charge is -2.19. The largest absolute Gasteiger partial charge is 0.506 e. The maximum Gasteiger partial charge on any atom is 0.235 e. The Kier molecular flexibility index (Phi) is 12.3. The second kappa shape index (κ2) is 15.2. The highest BCUT2D eigenvalue weighted by molar-refractivity contribution is 7.17. The lowest BCUT2D eigenvalue weighted by molar-refractivity contribution is -0.119. The van der Waals surface area contributed by atoms with E-state index in [2.05, 4.69) is 4.98 Å². The van der Waals surface area contributed by atoms with Gasteiger partial charge in [-0.1, -0.05) is 39.6 Å². The van der Waals surface area contributed by atoms with Gasteiger partial charge in [0.2, 0.25) is 12.3 Å². The van der Waals surface area contributed by atoms with Crippen LogP contribution in [0.5, 0.6) is 11.5 Å². The van der Waals surface area contributed by atoms with Crippen molar-refractivity contribution in [3.63, 3.8) is 0 Å². The van der Waals surface area contributed by atoms with Gasteiger partial charge in [-0.05, 0) is 61.6 Å². The van der Waals surface area contributed by atoms with Gasteiger partial charge >= 0.3 is 0 Å². The molecule has 200 valence electrons. The molecule has 2 aromatic carbocycles. The summed E-state index contributed by atoms with van der Waals surface area (Å²) in [5, 5.41) is 9.53. The second-order valence-electron chi connectivity index (χ2n) is 8.43. The van der Waals surface area contributed by atoms with E-state index in [1.807, 2.05) is 39.6 Å². The number of hydrogen-bond donors (Lipinski definition) is 2. The molecule has 0 bridgehead atoms. The minimum atomic E-state index is -2.17. The van der Waals surface area contributed by atoms with Crippen LogP contribution in [0.4, 0.5) is 17.6 Å². The third kappa shape index (κ3) is 12.1. The number of benzene rings is 2. The number of amides is 1. The first-order chi connectivity index (χ1) is 17.5. The van der Waals surface area contributed by atoms with Gasteiger partial charge in [-0.3, -0.25) is 9.78 Å². The molecule has 1 heterocycles. The van der Waals surface area contributed by atoms with Gasteiger partial charge in [0.15, 0.2) is 0 Å². The Morgan fingerprint density at radius 1 is 1.14 bits per heavy atom. The van der Waals surface area contributed by atoms with Crippen molar-refractivity contribution in [1.82, 2.24) is 4.98 Å². The van der Waals surface area contributed by atoms with Crippen molar-refractivity contribution in [3.8, 4) is 11.5 Å². The van der Waals surface area contributed by atoms with Crippen molar-refractivity contribution in [2.45, 2.75) is 44.4 Å². The fourth-order valence-electron chi connectivity index (χ4n) is 3.26. The van der Waals surface area contributed by atoms with Crippen molar-refractivity contribution in [1.29, 1.82) is 0 Å². The number of primary amides is 1. The summed E-state index contributed by atoms with van der Waals surface area (Å²) in [6, 6.07) is 17.4. The molecule has 1 aliphatic rings. The average Bonchev–Trinajstić information content (AvgIpc) is 3.68. The summed E-state index contributed by atoms with van der Waals surface area (Å²) < 4.78 is 53.3. The maximum absolute atomic E-state index is 14.2. The second-order valence-corrected chi connectivity index (χ2v) is 9.15. The van der Waals surface area contributed by atoms with Crippen LogP contribution in [-0.2, 0) is 11.2 Å². The first-order valence-corrected chi connectivity index (χ1v) is 12.3. The van der Waals surface area contributed by atoms with Gasteiger partial charge in [-0.15, -0.1) is 0 Å². The normalized spacial score (nSPS) is 13.9. The number of nitrogens with two attached hydrogens (primary N) is 1. The van der Waals surface area contributed by atoms with Crippen LogP contribution in [0.15, 0.2) is 66.9 Å². The Hall–Kier alpha value is -3.19. The molecule has 3 aromatic rings. The number of aromatic nitrogens is 1. The highest BCUT2D eigenvalue weighted by Gasteiger charge is 2.26. The Balaban J connectivity index is 0.000000403. The molecule has 3 N–H and O–H groups in total. The Morgan fingerprint density at radius 3 is 2.27 bits per heavy atom. The predicted molar refractivity (Wildman–Crippen MR) is 138 cm³/mol. The fraction of sp³-hybridized carbons (Fsp3) is 0.333. The smallest absolute Gasteiger partial charge is 0.235 e. The zero-order chi connectivity index (χ0) is 27.4. The Bertz CT molecular complexity index is 1100. The van der Waals surface area contributed by atoms with E-state index in [0.717, 1.165) is 25.3 Å². The van der Waals surface area contributed by atoms with Crippen LogP contribution in [-0.4, -0.2) is 34.9 Å². The summed E-state index contributed by atoms with van der Waals surface area (Å²) in [6.07, 6.45) is 1.84. The SMILES string of the molecule is CC(F)F.NC(=O)C1CC1.Oc1ccc(C(Cc2ccccc2)c2cc(F)cc(OCC(F)P)c2)nc1. The third-order valence-electron chi connectivity index (χ3n) is 5.10. The number of nitrogens with zero attached hydrogens (tertiary/aromatic N) is 1. The highest BCUT2D eigenvalue weighted by atomic mass is 31.0. The van der Waals surface area contributed by atoms with E-state index >= 15 is 0 Å². The van der Waals surface area contributed by atoms with E-state index in [9.17, 15) is 27.5 Å². The molecule has 1 amide bonds. The molecule has 5 nitrogen and oxygen atoms in total. The molecule has 0 radical (unpaired) electrons. The number of aromatic hydroxyl groups is 1. The number of hydrogen-bond acceptors (Lipinski definition) is 4. The average molecular weight is 539 g/mol.